The van der Waals surface area contributed by atoms with Crippen molar-refractivity contribution in [3.8, 4) is 0 Å². The van der Waals surface area contributed by atoms with Crippen molar-refractivity contribution >= 4 is 19.2 Å². The van der Waals surface area contributed by atoms with Gasteiger partial charge in [-0.3, -0.25) is 4.79 Å². The molecule has 0 aromatic heterocycles. The third kappa shape index (κ3) is 1.45. The molecule has 0 heterocycles. The third-order valence-corrected chi connectivity index (χ3v) is 1.20. The molecule has 1 N–H and O–H groups in total. The van der Waals surface area contributed by atoms with Crippen molar-refractivity contribution in [2.75, 3.05) is 0 Å². The molecular weight excluding hydrogens is 127 g/mol. The van der Waals surface area contributed by atoms with Gasteiger partial charge in [-0.2, -0.15) is 0 Å². The third-order valence-electron chi connectivity index (χ3n) is 1.20. The van der Waals surface area contributed by atoms with Crippen molar-refractivity contribution in [1.82, 2.24) is 0 Å². The van der Waals surface area contributed by atoms with Crippen molar-refractivity contribution in [1.29, 1.82) is 0 Å². The SMILES string of the molecule is O=Cc1cccc([B]O)c1. The number of carbonyl (C=O) groups is 1. The van der Waals surface area contributed by atoms with Crippen LogP contribution in [-0.2, 0) is 0 Å². The molecule has 0 saturated heterocycles. The van der Waals surface area contributed by atoms with E-state index in [1.54, 1.807) is 24.3 Å². The highest BCUT2D eigenvalue weighted by Gasteiger charge is 1.93. The number of benzene rings is 1. The van der Waals surface area contributed by atoms with Crippen molar-refractivity contribution in [2.45, 2.75) is 0 Å². The van der Waals surface area contributed by atoms with Gasteiger partial charge in [-0.05, 0) is 0 Å². The zero-order chi connectivity index (χ0) is 7.40. The quantitative estimate of drug-likeness (QED) is 0.445. The van der Waals surface area contributed by atoms with Gasteiger partial charge < -0.3 is 5.02 Å². The van der Waals surface area contributed by atoms with E-state index in [0.29, 0.717) is 11.0 Å². The molecule has 1 aromatic carbocycles. The Morgan fingerprint density at radius 2 is 2.30 bits per heavy atom. The normalized spacial score (nSPS) is 8.90. The van der Waals surface area contributed by atoms with Crippen LogP contribution in [0, 0.1) is 0 Å². The first kappa shape index (κ1) is 7.03. The lowest BCUT2D eigenvalue weighted by molar-refractivity contribution is 0.112. The highest BCUT2D eigenvalue weighted by atomic mass is 16.2. The molecule has 0 atom stereocenters. The number of rotatable bonds is 2. The van der Waals surface area contributed by atoms with Crippen LogP contribution in [0.3, 0.4) is 0 Å². The van der Waals surface area contributed by atoms with Gasteiger partial charge in [0, 0.05) is 5.56 Å². The summed E-state index contributed by atoms with van der Waals surface area (Å²) in [6.07, 6.45) is 0.743. The van der Waals surface area contributed by atoms with E-state index in [0.717, 1.165) is 13.8 Å². The summed E-state index contributed by atoms with van der Waals surface area (Å²) in [5.41, 5.74) is 1.22. The summed E-state index contributed by atoms with van der Waals surface area (Å²) in [6, 6.07) is 6.71. The second kappa shape index (κ2) is 3.18. The van der Waals surface area contributed by atoms with Gasteiger partial charge in [0.15, 0.2) is 0 Å². The minimum Gasteiger partial charge on any atom is -0.450 e. The van der Waals surface area contributed by atoms with Gasteiger partial charge in [0.2, 0.25) is 0 Å². The second-order valence-corrected chi connectivity index (χ2v) is 1.92. The van der Waals surface area contributed by atoms with Gasteiger partial charge in [0.05, 0.1) is 0 Å². The average Bonchev–Trinajstić information content (AvgIpc) is 2.05. The first-order valence-corrected chi connectivity index (χ1v) is 2.89. The van der Waals surface area contributed by atoms with Crippen molar-refractivity contribution < 1.29 is 9.82 Å². The lowest BCUT2D eigenvalue weighted by Crippen LogP contribution is -2.13. The van der Waals surface area contributed by atoms with Crippen LogP contribution in [0.1, 0.15) is 10.4 Å². The molecule has 3 heteroatoms. The van der Waals surface area contributed by atoms with Crippen LogP contribution in [0.2, 0.25) is 0 Å². The summed E-state index contributed by atoms with van der Waals surface area (Å²) >= 11 is 0. The van der Waals surface area contributed by atoms with E-state index in [1.807, 2.05) is 0 Å². The fourth-order valence-corrected chi connectivity index (χ4v) is 0.713. The molecule has 10 heavy (non-hydrogen) atoms. The predicted molar refractivity (Wildman–Crippen MR) is 39.4 cm³/mol. The molecule has 0 aliphatic heterocycles. The van der Waals surface area contributed by atoms with Crippen molar-refractivity contribution in [3.05, 3.63) is 29.8 Å². The van der Waals surface area contributed by atoms with Crippen LogP contribution in [0.4, 0.5) is 0 Å². The van der Waals surface area contributed by atoms with Crippen LogP contribution in [0.25, 0.3) is 0 Å². The Kier molecular flexibility index (Phi) is 2.23. The monoisotopic (exact) mass is 133 g/mol. The molecule has 0 amide bonds. The van der Waals surface area contributed by atoms with E-state index in [1.165, 1.54) is 0 Å². The van der Waals surface area contributed by atoms with E-state index in [2.05, 4.69) is 0 Å². The largest absolute Gasteiger partial charge is 0.450 e. The molecular formula is C7H6BO2. The maximum Gasteiger partial charge on any atom is 0.326 e. The smallest absolute Gasteiger partial charge is 0.326 e. The lowest BCUT2D eigenvalue weighted by Gasteiger charge is -1.92. The van der Waals surface area contributed by atoms with E-state index in [4.69, 9.17) is 5.02 Å². The molecule has 0 bridgehead atoms. The molecule has 1 aromatic rings. The van der Waals surface area contributed by atoms with E-state index in [-0.39, 0.29) is 0 Å². The number of aldehydes is 1. The maximum absolute atomic E-state index is 10.2. The Balaban J connectivity index is 2.98. The summed E-state index contributed by atoms with van der Waals surface area (Å²) < 4.78 is 0. The topological polar surface area (TPSA) is 37.3 Å². The van der Waals surface area contributed by atoms with Gasteiger partial charge in [-0.15, -0.1) is 0 Å². The first-order valence-electron chi connectivity index (χ1n) is 2.89. The second-order valence-electron chi connectivity index (χ2n) is 1.92. The minimum absolute atomic E-state index is 0.572. The highest BCUT2D eigenvalue weighted by molar-refractivity contribution is 6.45. The zero-order valence-corrected chi connectivity index (χ0v) is 5.32. The molecule has 2 nitrogen and oxygen atoms in total. The van der Waals surface area contributed by atoms with Crippen molar-refractivity contribution in [2.24, 2.45) is 0 Å². The average molecular weight is 133 g/mol. The van der Waals surface area contributed by atoms with Gasteiger partial charge in [0.1, 0.15) is 6.29 Å². The number of carbonyl (C=O) groups excluding carboxylic acids is 1. The molecule has 0 spiro atoms. The number of hydrogen-bond donors (Lipinski definition) is 1. The Morgan fingerprint density at radius 1 is 1.50 bits per heavy atom. The first-order chi connectivity index (χ1) is 4.86. The molecule has 0 fully saturated rings. The van der Waals surface area contributed by atoms with Gasteiger partial charge in [-0.25, -0.2) is 0 Å². The fourth-order valence-electron chi connectivity index (χ4n) is 0.713. The molecule has 1 rings (SSSR count). The molecule has 0 saturated carbocycles. The van der Waals surface area contributed by atoms with Gasteiger partial charge in [0.25, 0.3) is 0 Å². The standard InChI is InChI=1S/C7H6BO2/c9-5-6-2-1-3-7(4-6)8-10/h1-5,10H. The summed E-state index contributed by atoms with van der Waals surface area (Å²) in [5.74, 6) is 0. The predicted octanol–water partition coefficient (Wildman–Crippen LogP) is -0.264. The van der Waals surface area contributed by atoms with Crippen molar-refractivity contribution in [3.63, 3.8) is 0 Å². The Hall–Kier alpha value is -1.09. The molecule has 0 aliphatic rings. The van der Waals surface area contributed by atoms with E-state index in [9.17, 15) is 4.79 Å². The zero-order valence-electron chi connectivity index (χ0n) is 5.32. The molecule has 0 unspecified atom stereocenters. The van der Waals surface area contributed by atoms with Crippen LogP contribution in [-0.4, -0.2) is 18.8 Å². The summed E-state index contributed by atoms with van der Waals surface area (Å²) in [6.45, 7) is 0. The summed E-state index contributed by atoms with van der Waals surface area (Å²) in [7, 11) is 0.965. The minimum atomic E-state index is 0.572. The Morgan fingerprint density at radius 3 is 2.90 bits per heavy atom. The van der Waals surface area contributed by atoms with Crippen LogP contribution < -0.4 is 5.46 Å². The summed E-state index contributed by atoms with van der Waals surface area (Å²) in [4.78, 5) is 10.2. The highest BCUT2D eigenvalue weighted by Crippen LogP contribution is 1.90. The van der Waals surface area contributed by atoms with Crippen LogP contribution in [0.15, 0.2) is 24.3 Å². The molecule has 1 radical (unpaired) electrons. The molecule has 0 aliphatic carbocycles. The Bertz CT molecular complexity index is 235. The van der Waals surface area contributed by atoms with Gasteiger partial charge in [-0.1, -0.05) is 29.7 Å². The molecule has 49 valence electrons. The fraction of sp³-hybridized carbons (Fsp3) is 0. The maximum atomic E-state index is 10.2. The van der Waals surface area contributed by atoms with Crippen LogP contribution >= 0.6 is 0 Å². The van der Waals surface area contributed by atoms with Gasteiger partial charge >= 0.3 is 7.48 Å². The van der Waals surface area contributed by atoms with E-state index >= 15 is 0 Å². The summed E-state index contributed by atoms with van der Waals surface area (Å²) in [5, 5.41) is 8.52. The lowest BCUT2D eigenvalue weighted by atomic mass is 9.88. The Labute approximate surface area is 59.8 Å². The van der Waals surface area contributed by atoms with E-state index < -0.39 is 0 Å². The number of hydrogen-bond acceptors (Lipinski definition) is 2. The van der Waals surface area contributed by atoms with Crippen LogP contribution in [0.5, 0.6) is 0 Å².